The van der Waals surface area contributed by atoms with E-state index in [0.717, 1.165) is 17.9 Å². The van der Waals surface area contributed by atoms with E-state index in [0.29, 0.717) is 11.2 Å². The van der Waals surface area contributed by atoms with Gasteiger partial charge in [-0.25, -0.2) is 4.98 Å². The van der Waals surface area contributed by atoms with Crippen LogP contribution in [0.3, 0.4) is 0 Å². The molecule has 88 valence electrons. The summed E-state index contributed by atoms with van der Waals surface area (Å²) < 4.78 is 0. The van der Waals surface area contributed by atoms with Crippen LogP contribution in [0.2, 0.25) is 0 Å². The summed E-state index contributed by atoms with van der Waals surface area (Å²) in [5.74, 6) is 0.757. The van der Waals surface area contributed by atoms with Gasteiger partial charge < -0.3 is 10.3 Å². The minimum atomic E-state index is -0.122. The normalized spacial score (nSPS) is 10.7. The molecule has 4 nitrogen and oxygen atoms in total. The molecular formula is C11H17N3OS. The predicted molar refractivity (Wildman–Crippen MR) is 67.9 cm³/mol. The largest absolute Gasteiger partial charge is 0.311 e. The summed E-state index contributed by atoms with van der Waals surface area (Å²) in [6.07, 6.45) is 1.51. The van der Waals surface area contributed by atoms with Gasteiger partial charge in [0.15, 0.2) is 5.16 Å². The predicted octanol–water partition coefficient (Wildman–Crippen LogP) is 1.42. The molecule has 1 aromatic heterocycles. The molecule has 0 aliphatic rings. The van der Waals surface area contributed by atoms with Crippen LogP contribution in [-0.4, -0.2) is 28.3 Å². The quantitative estimate of drug-likeness (QED) is 0.448. The number of nitrogens with zero attached hydrogens (tertiary/aromatic N) is 1. The molecule has 5 heteroatoms. The lowest BCUT2D eigenvalue weighted by Crippen LogP contribution is -2.25. The van der Waals surface area contributed by atoms with Crippen LogP contribution in [-0.2, 0) is 0 Å². The Morgan fingerprint density at radius 3 is 3.06 bits per heavy atom. The number of aromatic amines is 1. The van der Waals surface area contributed by atoms with Crippen LogP contribution in [0.15, 0.2) is 34.4 Å². The summed E-state index contributed by atoms with van der Waals surface area (Å²) in [6.45, 7) is 8.94. The number of H-pyrrole nitrogens is 1. The van der Waals surface area contributed by atoms with E-state index in [4.69, 9.17) is 0 Å². The monoisotopic (exact) mass is 239 g/mol. The molecule has 0 fully saturated rings. The molecule has 1 rings (SSSR count). The Morgan fingerprint density at radius 1 is 1.69 bits per heavy atom. The number of rotatable bonds is 6. The van der Waals surface area contributed by atoms with Crippen molar-refractivity contribution in [1.29, 1.82) is 0 Å². The fraction of sp³-hybridized carbons (Fsp3) is 0.455. The minimum Gasteiger partial charge on any atom is -0.311 e. The van der Waals surface area contributed by atoms with E-state index in [-0.39, 0.29) is 5.56 Å². The zero-order valence-electron chi connectivity index (χ0n) is 9.62. The first-order valence-corrected chi connectivity index (χ1v) is 6.14. The van der Waals surface area contributed by atoms with Crippen LogP contribution >= 0.6 is 11.8 Å². The molecule has 0 aliphatic carbocycles. The molecule has 0 bridgehead atoms. The van der Waals surface area contributed by atoms with E-state index in [2.05, 4.69) is 35.7 Å². The van der Waals surface area contributed by atoms with Crippen molar-refractivity contribution >= 4 is 11.8 Å². The fourth-order valence-electron chi connectivity index (χ4n) is 0.995. The summed E-state index contributed by atoms with van der Waals surface area (Å²) in [4.78, 5) is 17.7. The van der Waals surface area contributed by atoms with E-state index < -0.39 is 0 Å². The molecule has 0 saturated carbocycles. The van der Waals surface area contributed by atoms with Gasteiger partial charge in [-0.1, -0.05) is 37.8 Å². The average Bonchev–Trinajstić information content (AvgIpc) is 2.23. The lowest BCUT2D eigenvalue weighted by atomic mass is 10.3. The second kappa shape index (κ2) is 6.50. The highest BCUT2D eigenvalue weighted by Crippen LogP contribution is 2.13. The number of aromatic nitrogens is 2. The van der Waals surface area contributed by atoms with Crippen molar-refractivity contribution in [2.24, 2.45) is 0 Å². The van der Waals surface area contributed by atoms with Gasteiger partial charge in [0.25, 0.3) is 5.56 Å². The SMILES string of the molecule is C=C(CNC(C)C)CSc1nccc(=O)[nH]1. The molecule has 0 radical (unpaired) electrons. The molecular weight excluding hydrogens is 222 g/mol. The zero-order chi connectivity index (χ0) is 12.0. The van der Waals surface area contributed by atoms with Crippen molar-refractivity contribution in [2.45, 2.75) is 25.0 Å². The third kappa shape index (κ3) is 5.14. The van der Waals surface area contributed by atoms with E-state index in [1.54, 1.807) is 0 Å². The molecule has 0 spiro atoms. The van der Waals surface area contributed by atoms with Crippen LogP contribution in [0.4, 0.5) is 0 Å². The smallest absolute Gasteiger partial charge is 0.251 e. The first-order valence-electron chi connectivity index (χ1n) is 5.16. The second-order valence-corrected chi connectivity index (χ2v) is 4.78. The van der Waals surface area contributed by atoms with Gasteiger partial charge in [0.2, 0.25) is 0 Å². The van der Waals surface area contributed by atoms with Crippen LogP contribution in [0, 0.1) is 0 Å². The van der Waals surface area contributed by atoms with E-state index in [9.17, 15) is 4.79 Å². The summed E-state index contributed by atoms with van der Waals surface area (Å²) in [6, 6.07) is 1.86. The molecule has 0 amide bonds. The first kappa shape index (κ1) is 13.0. The third-order valence-electron chi connectivity index (χ3n) is 1.82. The van der Waals surface area contributed by atoms with Crippen molar-refractivity contribution in [3.63, 3.8) is 0 Å². The maximum absolute atomic E-state index is 11.0. The second-order valence-electron chi connectivity index (χ2n) is 3.81. The fourth-order valence-corrected chi connectivity index (χ4v) is 1.75. The Bertz CT molecular complexity index is 400. The van der Waals surface area contributed by atoms with Crippen LogP contribution in [0.1, 0.15) is 13.8 Å². The van der Waals surface area contributed by atoms with Crippen LogP contribution in [0.5, 0.6) is 0 Å². The molecule has 0 saturated heterocycles. The van der Waals surface area contributed by atoms with Gasteiger partial charge in [-0.05, 0) is 0 Å². The Balaban J connectivity index is 2.34. The summed E-state index contributed by atoms with van der Waals surface area (Å²) in [5.41, 5.74) is 0.966. The van der Waals surface area contributed by atoms with Crippen molar-refractivity contribution in [2.75, 3.05) is 12.3 Å². The summed E-state index contributed by atoms with van der Waals surface area (Å²) >= 11 is 1.49. The van der Waals surface area contributed by atoms with Gasteiger partial charge in [-0.15, -0.1) is 0 Å². The molecule has 2 N–H and O–H groups in total. The highest BCUT2D eigenvalue weighted by Gasteiger charge is 2.00. The Labute approximate surface area is 99.6 Å². The Kier molecular flexibility index (Phi) is 5.28. The Hall–Kier alpha value is -1.07. The molecule has 0 aliphatic heterocycles. The van der Waals surface area contributed by atoms with Crippen molar-refractivity contribution in [1.82, 2.24) is 15.3 Å². The molecule has 0 atom stereocenters. The van der Waals surface area contributed by atoms with Gasteiger partial charge in [0.05, 0.1) is 0 Å². The Morgan fingerprint density at radius 2 is 2.44 bits per heavy atom. The summed E-state index contributed by atoms with van der Waals surface area (Å²) in [7, 11) is 0. The molecule has 0 aromatic carbocycles. The van der Waals surface area contributed by atoms with Gasteiger partial charge >= 0.3 is 0 Å². The maximum atomic E-state index is 11.0. The lowest BCUT2D eigenvalue weighted by molar-refractivity contribution is 0.623. The number of thioether (sulfide) groups is 1. The number of nitrogens with one attached hydrogen (secondary N) is 2. The molecule has 1 heterocycles. The van der Waals surface area contributed by atoms with Crippen molar-refractivity contribution in [3.8, 4) is 0 Å². The van der Waals surface area contributed by atoms with E-state index in [1.807, 2.05) is 0 Å². The number of hydrogen-bond donors (Lipinski definition) is 2. The molecule has 1 aromatic rings. The number of hydrogen-bond acceptors (Lipinski definition) is 4. The van der Waals surface area contributed by atoms with Gasteiger partial charge in [-0.2, -0.15) is 0 Å². The summed E-state index contributed by atoms with van der Waals surface area (Å²) in [5, 5.41) is 3.92. The van der Waals surface area contributed by atoms with Crippen LogP contribution in [0.25, 0.3) is 0 Å². The van der Waals surface area contributed by atoms with Gasteiger partial charge in [-0.3, -0.25) is 4.79 Å². The standard InChI is InChI=1S/C11H17N3OS/c1-8(2)13-6-9(3)7-16-11-12-5-4-10(15)14-11/h4-5,8,13H,3,6-7H2,1-2H3,(H,12,14,15). The molecule has 0 unspecified atom stereocenters. The first-order chi connectivity index (χ1) is 7.58. The maximum Gasteiger partial charge on any atom is 0.251 e. The van der Waals surface area contributed by atoms with E-state index >= 15 is 0 Å². The third-order valence-corrected chi connectivity index (χ3v) is 2.85. The highest BCUT2D eigenvalue weighted by molar-refractivity contribution is 7.99. The van der Waals surface area contributed by atoms with Gasteiger partial charge in [0, 0.05) is 30.6 Å². The van der Waals surface area contributed by atoms with Gasteiger partial charge in [0.1, 0.15) is 0 Å². The topological polar surface area (TPSA) is 57.8 Å². The van der Waals surface area contributed by atoms with Crippen LogP contribution < -0.4 is 10.9 Å². The average molecular weight is 239 g/mol. The van der Waals surface area contributed by atoms with Crippen molar-refractivity contribution in [3.05, 3.63) is 34.8 Å². The lowest BCUT2D eigenvalue weighted by Gasteiger charge is -2.09. The minimum absolute atomic E-state index is 0.122. The molecule has 16 heavy (non-hydrogen) atoms. The van der Waals surface area contributed by atoms with E-state index in [1.165, 1.54) is 24.0 Å². The zero-order valence-corrected chi connectivity index (χ0v) is 10.4. The highest BCUT2D eigenvalue weighted by atomic mass is 32.2. The van der Waals surface area contributed by atoms with Crippen molar-refractivity contribution < 1.29 is 0 Å².